The fourth-order valence-corrected chi connectivity index (χ4v) is 1.84. The first-order valence-electron chi connectivity index (χ1n) is 4.46. The van der Waals surface area contributed by atoms with Crippen LogP contribution in [0.3, 0.4) is 0 Å². The average molecular weight is 181 g/mol. The lowest BCUT2D eigenvalue weighted by Crippen LogP contribution is -2.04. The van der Waals surface area contributed by atoms with Crippen LogP contribution in [0.2, 0.25) is 0 Å². The zero-order chi connectivity index (χ0) is 9.26. The molecule has 0 amide bonds. The van der Waals surface area contributed by atoms with Gasteiger partial charge in [-0.05, 0) is 18.6 Å². The largest absolute Gasteiger partial charge is 0.396 e. The standard InChI is InChI=1S/C10H12FNO/c11-8-2-1-3-9-10(8)7(4-5-13)6-12-9/h1-3,7,12-13H,4-6H2. The third-order valence-corrected chi connectivity index (χ3v) is 2.48. The molecule has 1 heterocycles. The molecule has 0 aliphatic carbocycles. The molecule has 0 fully saturated rings. The van der Waals surface area contributed by atoms with Gasteiger partial charge in [-0.3, -0.25) is 0 Å². The molecule has 13 heavy (non-hydrogen) atoms. The molecule has 0 spiro atoms. The summed E-state index contributed by atoms with van der Waals surface area (Å²) in [7, 11) is 0. The van der Waals surface area contributed by atoms with E-state index in [0.29, 0.717) is 6.42 Å². The highest BCUT2D eigenvalue weighted by Crippen LogP contribution is 2.34. The number of rotatable bonds is 2. The van der Waals surface area contributed by atoms with Crippen molar-refractivity contribution < 1.29 is 9.50 Å². The van der Waals surface area contributed by atoms with Gasteiger partial charge in [0.2, 0.25) is 0 Å². The lowest BCUT2D eigenvalue weighted by atomic mass is 9.98. The number of nitrogens with one attached hydrogen (secondary N) is 1. The van der Waals surface area contributed by atoms with Crippen molar-refractivity contribution in [1.29, 1.82) is 0 Å². The van der Waals surface area contributed by atoms with E-state index in [0.717, 1.165) is 17.8 Å². The lowest BCUT2D eigenvalue weighted by Gasteiger charge is -2.07. The van der Waals surface area contributed by atoms with Crippen LogP contribution in [0.15, 0.2) is 18.2 Å². The summed E-state index contributed by atoms with van der Waals surface area (Å²) in [4.78, 5) is 0. The normalized spacial score (nSPS) is 19.7. The number of hydrogen-bond acceptors (Lipinski definition) is 2. The second-order valence-electron chi connectivity index (χ2n) is 3.29. The van der Waals surface area contributed by atoms with Crippen LogP contribution in [0.25, 0.3) is 0 Å². The molecule has 1 aliphatic rings. The fraction of sp³-hybridized carbons (Fsp3) is 0.400. The third-order valence-electron chi connectivity index (χ3n) is 2.48. The second kappa shape index (κ2) is 3.34. The van der Waals surface area contributed by atoms with E-state index in [9.17, 15) is 4.39 Å². The summed E-state index contributed by atoms with van der Waals surface area (Å²) >= 11 is 0. The van der Waals surface area contributed by atoms with Gasteiger partial charge in [-0.2, -0.15) is 0 Å². The summed E-state index contributed by atoms with van der Waals surface area (Å²) in [6.45, 7) is 0.844. The topological polar surface area (TPSA) is 32.3 Å². The summed E-state index contributed by atoms with van der Waals surface area (Å²) in [6.07, 6.45) is 0.626. The van der Waals surface area contributed by atoms with Crippen molar-refractivity contribution in [2.24, 2.45) is 0 Å². The number of anilines is 1. The molecule has 1 atom stereocenters. The highest BCUT2D eigenvalue weighted by molar-refractivity contribution is 5.58. The van der Waals surface area contributed by atoms with Gasteiger partial charge in [0.15, 0.2) is 0 Å². The zero-order valence-corrected chi connectivity index (χ0v) is 7.26. The molecule has 1 aromatic carbocycles. The molecular formula is C10H12FNO. The van der Waals surface area contributed by atoms with Crippen molar-refractivity contribution >= 4 is 5.69 Å². The van der Waals surface area contributed by atoms with E-state index in [1.807, 2.05) is 6.07 Å². The smallest absolute Gasteiger partial charge is 0.128 e. The highest BCUT2D eigenvalue weighted by Gasteiger charge is 2.24. The maximum atomic E-state index is 13.3. The molecule has 0 bridgehead atoms. The quantitative estimate of drug-likeness (QED) is 0.728. The molecule has 2 rings (SSSR count). The van der Waals surface area contributed by atoms with Gasteiger partial charge >= 0.3 is 0 Å². The molecule has 0 saturated carbocycles. The van der Waals surface area contributed by atoms with E-state index in [-0.39, 0.29) is 18.3 Å². The van der Waals surface area contributed by atoms with E-state index in [1.165, 1.54) is 6.07 Å². The van der Waals surface area contributed by atoms with Gasteiger partial charge in [0, 0.05) is 30.3 Å². The molecule has 1 aromatic rings. The summed E-state index contributed by atoms with van der Waals surface area (Å²) < 4.78 is 13.3. The Labute approximate surface area is 76.4 Å². The average Bonchev–Trinajstić information content (AvgIpc) is 2.51. The van der Waals surface area contributed by atoms with E-state index in [2.05, 4.69) is 5.32 Å². The monoisotopic (exact) mass is 181 g/mol. The molecule has 1 unspecified atom stereocenters. The van der Waals surface area contributed by atoms with E-state index in [1.54, 1.807) is 6.07 Å². The molecule has 0 radical (unpaired) electrons. The molecule has 1 aliphatic heterocycles. The van der Waals surface area contributed by atoms with Crippen molar-refractivity contribution in [2.75, 3.05) is 18.5 Å². The Morgan fingerprint density at radius 1 is 1.54 bits per heavy atom. The van der Waals surface area contributed by atoms with Crippen molar-refractivity contribution in [1.82, 2.24) is 0 Å². The van der Waals surface area contributed by atoms with Crippen molar-refractivity contribution in [3.8, 4) is 0 Å². The first kappa shape index (κ1) is 8.51. The Balaban J connectivity index is 2.34. The number of fused-ring (bicyclic) bond motifs is 1. The SMILES string of the molecule is OCCC1CNc2cccc(F)c21. The molecule has 2 N–H and O–H groups in total. The Kier molecular flexibility index (Phi) is 2.19. The molecule has 0 saturated heterocycles. The van der Waals surface area contributed by atoms with Gasteiger partial charge in [0.1, 0.15) is 5.82 Å². The van der Waals surface area contributed by atoms with E-state index in [4.69, 9.17) is 5.11 Å². The first-order chi connectivity index (χ1) is 6.33. The van der Waals surface area contributed by atoms with Gasteiger partial charge in [0.25, 0.3) is 0 Å². The third kappa shape index (κ3) is 1.40. The summed E-state index contributed by atoms with van der Waals surface area (Å²) in [5.74, 6) is -0.0397. The van der Waals surface area contributed by atoms with Gasteiger partial charge in [-0.25, -0.2) is 4.39 Å². The van der Waals surface area contributed by atoms with Crippen LogP contribution in [0, 0.1) is 5.82 Å². The van der Waals surface area contributed by atoms with Crippen molar-refractivity contribution in [2.45, 2.75) is 12.3 Å². The van der Waals surface area contributed by atoms with Gasteiger partial charge in [-0.1, -0.05) is 6.07 Å². The fourth-order valence-electron chi connectivity index (χ4n) is 1.84. The van der Waals surface area contributed by atoms with Gasteiger partial charge < -0.3 is 10.4 Å². The van der Waals surface area contributed by atoms with Crippen LogP contribution < -0.4 is 5.32 Å². The van der Waals surface area contributed by atoms with Crippen molar-refractivity contribution in [3.63, 3.8) is 0 Å². The van der Waals surface area contributed by atoms with Crippen LogP contribution in [0.5, 0.6) is 0 Å². The number of halogens is 1. The predicted octanol–water partition coefficient (Wildman–Crippen LogP) is 1.72. The Bertz CT molecular complexity index is 312. The second-order valence-corrected chi connectivity index (χ2v) is 3.29. The van der Waals surface area contributed by atoms with Crippen LogP contribution in [-0.2, 0) is 0 Å². The minimum absolute atomic E-state index is 0.111. The first-order valence-corrected chi connectivity index (χ1v) is 4.46. The number of aliphatic hydroxyl groups is 1. The Morgan fingerprint density at radius 3 is 3.15 bits per heavy atom. The Hall–Kier alpha value is -1.09. The molecule has 70 valence electrons. The van der Waals surface area contributed by atoms with E-state index < -0.39 is 0 Å². The molecule has 0 aromatic heterocycles. The zero-order valence-electron chi connectivity index (χ0n) is 7.26. The number of hydrogen-bond donors (Lipinski definition) is 2. The summed E-state index contributed by atoms with van der Waals surface area (Å²) in [5, 5.41) is 11.9. The predicted molar refractivity (Wildman–Crippen MR) is 49.3 cm³/mol. The van der Waals surface area contributed by atoms with Gasteiger partial charge in [-0.15, -0.1) is 0 Å². The summed E-state index contributed by atoms with van der Waals surface area (Å²) in [6, 6.07) is 5.04. The van der Waals surface area contributed by atoms with Crippen LogP contribution in [0.4, 0.5) is 10.1 Å². The summed E-state index contributed by atoms with van der Waals surface area (Å²) in [5.41, 5.74) is 1.61. The number of benzene rings is 1. The number of aliphatic hydroxyl groups excluding tert-OH is 1. The van der Waals surface area contributed by atoms with Crippen LogP contribution >= 0.6 is 0 Å². The minimum Gasteiger partial charge on any atom is -0.396 e. The lowest BCUT2D eigenvalue weighted by molar-refractivity contribution is 0.278. The molecular weight excluding hydrogens is 169 g/mol. The maximum absolute atomic E-state index is 13.3. The Morgan fingerprint density at radius 2 is 2.38 bits per heavy atom. The van der Waals surface area contributed by atoms with E-state index >= 15 is 0 Å². The maximum Gasteiger partial charge on any atom is 0.128 e. The van der Waals surface area contributed by atoms with Gasteiger partial charge in [0.05, 0.1) is 0 Å². The van der Waals surface area contributed by atoms with Crippen molar-refractivity contribution in [3.05, 3.63) is 29.6 Å². The highest BCUT2D eigenvalue weighted by atomic mass is 19.1. The van der Waals surface area contributed by atoms with Crippen LogP contribution in [-0.4, -0.2) is 18.3 Å². The molecule has 2 nitrogen and oxygen atoms in total. The minimum atomic E-state index is -0.166. The molecule has 3 heteroatoms. The van der Waals surface area contributed by atoms with Crippen LogP contribution in [0.1, 0.15) is 17.9 Å².